The molecule has 5 aromatic rings. The van der Waals surface area contributed by atoms with Gasteiger partial charge in [-0.15, -0.1) is 0 Å². The third kappa shape index (κ3) is 4.95. The predicted molar refractivity (Wildman–Crippen MR) is 148 cm³/mol. The third-order valence-electron chi connectivity index (χ3n) is 6.88. The number of carbonyl (C=O) groups is 1. The van der Waals surface area contributed by atoms with Gasteiger partial charge in [0, 0.05) is 24.4 Å². The second-order valence-corrected chi connectivity index (χ2v) is 10.3. The molecule has 6 rings (SSSR count). The lowest BCUT2D eigenvalue weighted by Crippen LogP contribution is -2.36. The number of fused-ring (bicyclic) bond motifs is 2. The first kappa shape index (κ1) is 25.0. The molecule has 1 amide bonds. The molecule has 5 nitrogen and oxygen atoms in total. The number of hydrogen-bond acceptors (Lipinski definition) is 4. The van der Waals surface area contributed by atoms with Crippen molar-refractivity contribution in [1.82, 2.24) is 14.5 Å². The van der Waals surface area contributed by atoms with Gasteiger partial charge in [-0.3, -0.25) is 14.2 Å². The van der Waals surface area contributed by atoms with Crippen LogP contribution < -0.4 is 5.56 Å². The first-order chi connectivity index (χ1) is 19.0. The zero-order chi connectivity index (χ0) is 26.9. The van der Waals surface area contributed by atoms with E-state index in [2.05, 4.69) is 6.07 Å². The van der Waals surface area contributed by atoms with Gasteiger partial charge in [-0.25, -0.2) is 13.8 Å². The summed E-state index contributed by atoms with van der Waals surface area (Å²) in [6, 6.07) is 25.0. The Morgan fingerprint density at radius 1 is 0.897 bits per heavy atom. The fourth-order valence-corrected chi connectivity index (χ4v) is 5.85. The Balaban J connectivity index is 1.40. The molecule has 0 atom stereocenters. The largest absolute Gasteiger partial charge is 0.334 e. The van der Waals surface area contributed by atoms with Crippen molar-refractivity contribution < 1.29 is 13.6 Å². The maximum absolute atomic E-state index is 14.3. The number of nitrogens with zero attached hydrogens (tertiary/aromatic N) is 3. The monoisotopic (exact) mass is 539 g/mol. The molecule has 0 bridgehead atoms. The Morgan fingerprint density at radius 2 is 1.69 bits per heavy atom. The summed E-state index contributed by atoms with van der Waals surface area (Å²) in [5.74, 6) is -0.774. The minimum Gasteiger partial charge on any atom is -0.334 e. The Morgan fingerprint density at radius 3 is 2.51 bits per heavy atom. The van der Waals surface area contributed by atoms with E-state index in [1.165, 1.54) is 46.2 Å². The highest BCUT2D eigenvalue weighted by Crippen LogP contribution is 2.27. The molecule has 39 heavy (non-hydrogen) atoms. The average molecular weight is 540 g/mol. The molecule has 0 fully saturated rings. The van der Waals surface area contributed by atoms with E-state index in [0.717, 1.165) is 12.0 Å². The normalized spacial score (nSPS) is 12.9. The van der Waals surface area contributed by atoms with E-state index >= 15 is 0 Å². The average Bonchev–Trinajstić information content (AvgIpc) is 2.96. The Labute approximate surface area is 227 Å². The summed E-state index contributed by atoms with van der Waals surface area (Å²) in [5.41, 5.74) is 3.54. The molecular weight excluding hydrogens is 516 g/mol. The molecule has 1 aliphatic rings. The summed E-state index contributed by atoms with van der Waals surface area (Å²) in [6.07, 6.45) is 0.781. The number of carbonyl (C=O) groups excluding carboxylic acids is 1. The number of rotatable bonds is 5. The number of halogens is 2. The van der Waals surface area contributed by atoms with Crippen molar-refractivity contribution >= 4 is 28.6 Å². The van der Waals surface area contributed by atoms with E-state index in [1.54, 1.807) is 47.4 Å². The molecule has 0 saturated carbocycles. The minimum absolute atomic E-state index is 0.136. The Kier molecular flexibility index (Phi) is 6.70. The van der Waals surface area contributed by atoms with Gasteiger partial charge in [-0.1, -0.05) is 60.3 Å². The molecule has 8 heteroatoms. The molecule has 1 aromatic heterocycles. The zero-order valence-corrected chi connectivity index (χ0v) is 21.6. The molecule has 0 radical (unpaired) electrons. The van der Waals surface area contributed by atoms with Gasteiger partial charge in [0.2, 0.25) is 0 Å². The van der Waals surface area contributed by atoms with Crippen LogP contribution in [0, 0.1) is 11.6 Å². The predicted octanol–water partition coefficient (Wildman–Crippen LogP) is 6.15. The van der Waals surface area contributed by atoms with Crippen LogP contribution in [0.25, 0.3) is 16.6 Å². The van der Waals surface area contributed by atoms with Crippen LogP contribution in [0.3, 0.4) is 0 Å². The molecule has 1 aliphatic heterocycles. The van der Waals surface area contributed by atoms with Crippen LogP contribution >= 0.6 is 11.8 Å². The lowest BCUT2D eigenvalue weighted by molar-refractivity contribution is 0.0735. The van der Waals surface area contributed by atoms with Gasteiger partial charge in [-0.2, -0.15) is 0 Å². The second-order valence-electron chi connectivity index (χ2n) is 9.37. The van der Waals surface area contributed by atoms with Crippen molar-refractivity contribution in [2.45, 2.75) is 23.9 Å². The molecule has 4 aromatic carbocycles. The van der Waals surface area contributed by atoms with Crippen LogP contribution in [0.5, 0.6) is 0 Å². The van der Waals surface area contributed by atoms with Gasteiger partial charge in [-0.05, 0) is 65.6 Å². The van der Waals surface area contributed by atoms with Crippen LogP contribution in [0.15, 0.2) is 101 Å². The van der Waals surface area contributed by atoms with E-state index < -0.39 is 11.4 Å². The van der Waals surface area contributed by atoms with E-state index in [1.807, 2.05) is 18.2 Å². The number of hydrogen-bond donors (Lipinski definition) is 0. The molecule has 0 N–H and O–H groups in total. The quantitative estimate of drug-likeness (QED) is 0.199. The topological polar surface area (TPSA) is 55.2 Å². The van der Waals surface area contributed by atoms with Crippen LogP contribution in [-0.4, -0.2) is 26.9 Å². The van der Waals surface area contributed by atoms with E-state index in [0.29, 0.717) is 40.8 Å². The minimum atomic E-state index is -0.492. The van der Waals surface area contributed by atoms with Crippen LogP contribution in [0.2, 0.25) is 0 Å². The summed E-state index contributed by atoms with van der Waals surface area (Å²) < 4.78 is 29.8. The number of benzene rings is 4. The van der Waals surface area contributed by atoms with Crippen molar-refractivity contribution in [2.24, 2.45) is 0 Å². The van der Waals surface area contributed by atoms with Crippen molar-refractivity contribution in [3.63, 3.8) is 0 Å². The molecular formula is C31H23F2N3O2S. The van der Waals surface area contributed by atoms with Crippen LogP contribution in [0.1, 0.15) is 27.0 Å². The smallest absolute Gasteiger partial charge is 0.266 e. The fourth-order valence-electron chi connectivity index (χ4n) is 4.85. The first-order valence-electron chi connectivity index (χ1n) is 12.5. The van der Waals surface area contributed by atoms with Gasteiger partial charge >= 0.3 is 0 Å². The highest BCUT2D eigenvalue weighted by molar-refractivity contribution is 7.98. The molecule has 2 heterocycles. The van der Waals surface area contributed by atoms with Gasteiger partial charge < -0.3 is 4.90 Å². The van der Waals surface area contributed by atoms with Crippen molar-refractivity contribution in [1.29, 1.82) is 0 Å². The Bertz CT molecular complexity index is 1790. The van der Waals surface area contributed by atoms with Crippen molar-refractivity contribution in [3.05, 3.63) is 135 Å². The maximum atomic E-state index is 14.3. The molecule has 0 spiro atoms. The summed E-state index contributed by atoms with van der Waals surface area (Å²) in [4.78, 5) is 33.6. The fraction of sp³-hybridized carbons (Fsp3) is 0.129. The maximum Gasteiger partial charge on any atom is 0.266 e. The highest BCUT2D eigenvalue weighted by atomic mass is 32.2. The van der Waals surface area contributed by atoms with Gasteiger partial charge in [0.05, 0.1) is 16.6 Å². The van der Waals surface area contributed by atoms with Crippen molar-refractivity contribution in [2.75, 3.05) is 6.54 Å². The summed E-state index contributed by atoms with van der Waals surface area (Å²) in [5, 5.41) is 0.577. The molecule has 194 valence electrons. The van der Waals surface area contributed by atoms with E-state index in [4.69, 9.17) is 4.98 Å². The SMILES string of the molecule is O=C(c1ccc2c(=O)n(-c3cccc(F)c3)c(SCc3ccccc3F)nc2c1)N1CCc2ccccc2C1. The number of aromatic nitrogens is 2. The van der Waals surface area contributed by atoms with Crippen LogP contribution in [0.4, 0.5) is 8.78 Å². The summed E-state index contributed by atoms with van der Waals surface area (Å²) in [7, 11) is 0. The second kappa shape index (κ2) is 10.5. The van der Waals surface area contributed by atoms with Gasteiger partial charge in [0.1, 0.15) is 11.6 Å². The van der Waals surface area contributed by atoms with Gasteiger partial charge in [0.25, 0.3) is 11.5 Å². The van der Waals surface area contributed by atoms with Crippen molar-refractivity contribution in [3.8, 4) is 5.69 Å². The van der Waals surface area contributed by atoms with Crippen LogP contribution in [-0.2, 0) is 18.7 Å². The number of amides is 1. The van der Waals surface area contributed by atoms with E-state index in [-0.39, 0.29) is 22.6 Å². The summed E-state index contributed by atoms with van der Waals surface area (Å²) >= 11 is 1.17. The molecule has 0 saturated heterocycles. The molecule has 0 unspecified atom stereocenters. The number of thioether (sulfide) groups is 1. The standard InChI is InChI=1S/C31H23F2N3O2S/c32-24-9-5-10-25(17-24)36-30(38)26-13-12-21(29(37)35-15-14-20-6-1-2-7-22(20)18-35)16-28(26)34-31(36)39-19-23-8-3-4-11-27(23)33/h1-13,16-17H,14-15,18-19H2. The lowest BCUT2D eigenvalue weighted by Gasteiger charge is -2.29. The Hall–Kier alpha value is -4.30. The summed E-state index contributed by atoms with van der Waals surface area (Å²) in [6.45, 7) is 1.12. The van der Waals surface area contributed by atoms with Gasteiger partial charge in [0.15, 0.2) is 5.16 Å². The molecule has 0 aliphatic carbocycles. The first-order valence-corrected chi connectivity index (χ1v) is 13.5. The zero-order valence-electron chi connectivity index (χ0n) is 20.8. The van der Waals surface area contributed by atoms with E-state index in [9.17, 15) is 18.4 Å². The lowest BCUT2D eigenvalue weighted by atomic mass is 9.99. The highest BCUT2D eigenvalue weighted by Gasteiger charge is 2.23. The third-order valence-corrected chi connectivity index (χ3v) is 7.87.